The van der Waals surface area contributed by atoms with E-state index in [1.807, 2.05) is 26.0 Å². The molecule has 0 heterocycles. The van der Waals surface area contributed by atoms with Crippen LogP contribution in [0.25, 0.3) is 0 Å². The number of hydrogen-bond donors (Lipinski definition) is 1. The number of hydrogen-bond acceptors (Lipinski definition) is 3. The predicted octanol–water partition coefficient (Wildman–Crippen LogP) is 3.26. The lowest BCUT2D eigenvalue weighted by Crippen LogP contribution is -2.26. The van der Waals surface area contributed by atoms with E-state index in [1.54, 1.807) is 0 Å². The smallest absolute Gasteiger partial charge is 0.158 e. The van der Waals surface area contributed by atoms with E-state index >= 15 is 0 Å². The van der Waals surface area contributed by atoms with Crippen molar-refractivity contribution >= 4 is 11.6 Å². The van der Waals surface area contributed by atoms with E-state index in [0.717, 1.165) is 31.0 Å². The van der Waals surface area contributed by atoms with Crippen molar-refractivity contribution < 1.29 is 9.47 Å². The fourth-order valence-electron chi connectivity index (χ4n) is 1.82. The molecule has 0 spiro atoms. The van der Waals surface area contributed by atoms with Gasteiger partial charge in [0.05, 0.1) is 0 Å². The molecule has 0 unspecified atom stereocenters. The summed E-state index contributed by atoms with van der Waals surface area (Å²) in [7, 11) is 0. The third-order valence-electron chi connectivity index (χ3n) is 2.77. The SMILES string of the molecule is CCOC(CCNCCc1ccc(Cl)cc1)OCC. The van der Waals surface area contributed by atoms with Gasteiger partial charge in [-0.2, -0.15) is 0 Å². The molecule has 1 aromatic carbocycles. The van der Waals surface area contributed by atoms with Crippen LogP contribution in [-0.4, -0.2) is 32.6 Å². The van der Waals surface area contributed by atoms with Crippen LogP contribution in [0.5, 0.6) is 0 Å². The van der Waals surface area contributed by atoms with Crippen LogP contribution in [-0.2, 0) is 15.9 Å². The fourth-order valence-corrected chi connectivity index (χ4v) is 1.94. The van der Waals surface area contributed by atoms with Gasteiger partial charge in [0.1, 0.15) is 0 Å². The maximum atomic E-state index is 5.85. The van der Waals surface area contributed by atoms with Crippen molar-refractivity contribution in [2.75, 3.05) is 26.3 Å². The highest BCUT2D eigenvalue weighted by atomic mass is 35.5. The van der Waals surface area contributed by atoms with E-state index in [4.69, 9.17) is 21.1 Å². The minimum atomic E-state index is -0.0852. The summed E-state index contributed by atoms with van der Waals surface area (Å²) in [5.74, 6) is 0. The summed E-state index contributed by atoms with van der Waals surface area (Å²) in [6, 6.07) is 7.98. The lowest BCUT2D eigenvalue weighted by Gasteiger charge is -2.16. The molecule has 0 aliphatic heterocycles. The second-order valence-corrected chi connectivity index (χ2v) is 4.69. The van der Waals surface area contributed by atoms with Crippen molar-refractivity contribution in [3.8, 4) is 0 Å². The molecule has 108 valence electrons. The van der Waals surface area contributed by atoms with E-state index in [2.05, 4.69) is 17.4 Å². The van der Waals surface area contributed by atoms with Crippen molar-refractivity contribution in [2.24, 2.45) is 0 Å². The molecule has 0 aliphatic rings. The Balaban J connectivity index is 2.11. The summed E-state index contributed by atoms with van der Waals surface area (Å²) in [5, 5.41) is 4.19. The maximum absolute atomic E-state index is 5.85. The molecule has 1 rings (SSSR count). The molecule has 0 aromatic heterocycles. The number of nitrogens with one attached hydrogen (secondary N) is 1. The largest absolute Gasteiger partial charge is 0.353 e. The molecule has 0 saturated carbocycles. The molecular weight excluding hydrogens is 262 g/mol. The minimum Gasteiger partial charge on any atom is -0.353 e. The van der Waals surface area contributed by atoms with E-state index < -0.39 is 0 Å². The molecule has 19 heavy (non-hydrogen) atoms. The van der Waals surface area contributed by atoms with Crippen LogP contribution in [0.15, 0.2) is 24.3 Å². The second kappa shape index (κ2) is 10.2. The van der Waals surface area contributed by atoms with E-state index in [1.165, 1.54) is 5.56 Å². The lowest BCUT2D eigenvalue weighted by molar-refractivity contribution is -0.138. The van der Waals surface area contributed by atoms with Crippen LogP contribution in [0.1, 0.15) is 25.8 Å². The maximum Gasteiger partial charge on any atom is 0.158 e. The molecule has 4 heteroatoms. The zero-order chi connectivity index (χ0) is 13.9. The van der Waals surface area contributed by atoms with E-state index in [0.29, 0.717) is 13.2 Å². The normalized spacial score (nSPS) is 11.2. The summed E-state index contributed by atoms with van der Waals surface area (Å²) in [5.41, 5.74) is 1.29. The van der Waals surface area contributed by atoms with Gasteiger partial charge in [0.15, 0.2) is 6.29 Å². The molecule has 1 aromatic rings. The van der Waals surface area contributed by atoms with Crippen molar-refractivity contribution in [2.45, 2.75) is 33.0 Å². The zero-order valence-electron chi connectivity index (χ0n) is 11.8. The molecular formula is C15H24ClNO2. The van der Waals surface area contributed by atoms with Gasteiger partial charge in [-0.05, 0) is 51.1 Å². The van der Waals surface area contributed by atoms with Crippen LogP contribution in [0.2, 0.25) is 5.02 Å². The highest BCUT2D eigenvalue weighted by molar-refractivity contribution is 6.30. The summed E-state index contributed by atoms with van der Waals surface area (Å²) >= 11 is 5.85. The van der Waals surface area contributed by atoms with Gasteiger partial charge >= 0.3 is 0 Å². The molecule has 0 saturated heterocycles. The Kier molecular flexibility index (Phi) is 8.84. The quantitative estimate of drug-likeness (QED) is 0.529. The van der Waals surface area contributed by atoms with Gasteiger partial charge in [0.25, 0.3) is 0 Å². The first-order valence-electron chi connectivity index (χ1n) is 6.94. The monoisotopic (exact) mass is 285 g/mol. The number of ether oxygens (including phenoxy) is 2. The van der Waals surface area contributed by atoms with Crippen LogP contribution in [0, 0.1) is 0 Å². The van der Waals surface area contributed by atoms with E-state index in [-0.39, 0.29) is 6.29 Å². The van der Waals surface area contributed by atoms with Gasteiger partial charge in [0, 0.05) is 24.7 Å². The molecule has 0 bridgehead atoms. The van der Waals surface area contributed by atoms with Gasteiger partial charge in [-0.1, -0.05) is 23.7 Å². The number of rotatable bonds is 10. The van der Waals surface area contributed by atoms with Crippen molar-refractivity contribution in [1.82, 2.24) is 5.32 Å². The highest BCUT2D eigenvalue weighted by Crippen LogP contribution is 2.09. The Morgan fingerprint density at radius 3 is 2.26 bits per heavy atom. The van der Waals surface area contributed by atoms with Crippen LogP contribution < -0.4 is 5.32 Å². The summed E-state index contributed by atoms with van der Waals surface area (Å²) in [4.78, 5) is 0. The Bertz CT molecular complexity index is 323. The van der Waals surface area contributed by atoms with Crippen molar-refractivity contribution in [1.29, 1.82) is 0 Å². The standard InChI is InChI=1S/C15H24ClNO2/c1-3-18-15(19-4-2)10-12-17-11-9-13-5-7-14(16)8-6-13/h5-8,15,17H,3-4,9-12H2,1-2H3. The Morgan fingerprint density at radius 1 is 1.05 bits per heavy atom. The zero-order valence-corrected chi connectivity index (χ0v) is 12.6. The predicted molar refractivity (Wildman–Crippen MR) is 79.7 cm³/mol. The molecule has 0 aliphatic carbocycles. The van der Waals surface area contributed by atoms with Crippen LogP contribution in [0.4, 0.5) is 0 Å². The molecule has 0 fully saturated rings. The molecule has 0 amide bonds. The summed E-state index contributed by atoms with van der Waals surface area (Å²) in [6.45, 7) is 7.20. The lowest BCUT2D eigenvalue weighted by atomic mass is 10.1. The molecule has 0 atom stereocenters. The molecule has 0 radical (unpaired) electrons. The average Bonchev–Trinajstić information content (AvgIpc) is 2.41. The van der Waals surface area contributed by atoms with Crippen LogP contribution in [0.3, 0.4) is 0 Å². The van der Waals surface area contributed by atoms with Gasteiger partial charge < -0.3 is 14.8 Å². The number of halogens is 1. The van der Waals surface area contributed by atoms with Gasteiger partial charge in [-0.3, -0.25) is 0 Å². The highest BCUT2D eigenvalue weighted by Gasteiger charge is 2.06. The van der Waals surface area contributed by atoms with Gasteiger partial charge in [-0.25, -0.2) is 0 Å². The summed E-state index contributed by atoms with van der Waals surface area (Å²) in [6.07, 6.45) is 1.80. The first-order chi connectivity index (χ1) is 9.26. The fraction of sp³-hybridized carbons (Fsp3) is 0.600. The summed E-state index contributed by atoms with van der Waals surface area (Å²) < 4.78 is 11.0. The topological polar surface area (TPSA) is 30.5 Å². The third-order valence-corrected chi connectivity index (χ3v) is 3.02. The van der Waals surface area contributed by atoms with Gasteiger partial charge in [-0.15, -0.1) is 0 Å². The Morgan fingerprint density at radius 2 is 1.68 bits per heavy atom. The Hall–Kier alpha value is -0.610. The first-order valence-corrected chi connectivity index (χ1v) is 7.32. The first kappa shape index (κ1) is 16.4. The second-order valence-electron chi connectivity index (χ2n) is 4.26. The Labute approximate surface area is 121 Å². The van der Waals surface area contributed by atoms with E-state index in [9.17, 15) is 0 Å². The average molecular weight is 286 g/mol. The molecule has 3 nitrogen and oxygen atoms in total. The third kappa shape index (κ3) is 7.53. The van der Waals surface area contributed by atoms with Crippen LogP contribution >= 0.6 is 11.6 Å². The molecule has 1 N–H and O–H groups in total. The van der Waals surface area contributed by atoms with Crippen molar-refractivity contribution in [3.05, 3.63) is 34.9 Å². The van der Waals surface area contributed by atoms with Crippen molar-refractivity contribution in [3.63, 3.8) is 0 Å². The minimum absolute atomic E-state index is 0.0852. The van der Waals surface area contributed by atoms with Gasteiger partial charge in [0.2, 0.25) is 0 Å². The number of benzene rings is 1.